The molecule has 3 aromatic carbocycles. The molecule has 4 aromatic rings. The molecule has 6 heteroatoms. The highest BCUT2D eigenvalue weighted by molar-refractivity contribution is 5.95. The number of carbonyl (C=O) groups excluding carboxylic acids is 1. The molecule has 0 fully saturated rings. The van der Waals surface area contributed by atoms with E-state index in [1.165, 1.54) is 10.8 Å². The standard InChI is InChI=1S/C26H28N4O2/c1-18-24(26(32)30(29(18)4)23-12-6-5-7-13-23)27-25(31)19(2)28(3)17-20-14-15-21-10-8-9-11-22(21)16-20/h5-16,19H,17H2,1-4H3,(H,27,31). The van der Waals surface area contributed by atoms with E-state index in [0.717, 1.165) is 11.3 Å². The van der Waals surface area contributed by atoms with Gasteiger partial charge in [0.05, 0.1) is 17.4 Å². The lowest BCUT2D eigenvalue weighted by Crippen LogP contribution is -2.40. The van der Waals surface area contributed by atoms with Gasteiger partial charge in [0.1, 0.15) is 5.69 Å². The number of benzene rings is 3. The Labute approximate surface area is 187 Å². The van der Waals surface area contributed by atoms with Gasteiger partial charge in [-0.1, -0.05) is 54.6 Å². The fourth-order valence-electron chi connectivity index (χ4n) is 3.90. The number of hydrogen-bond donors (Lipinski definition) is 1. The van der Waals surface area contributed by atoms with Crippen LogP contribution in [0.3, 0.4) is 0 Å². The number of carbonyl (C=O) groups is 1. The molecule has 0 saturated heterocycles. The third kappa shape index (κ3) is 4.09. The fraction of sp³-hybridized carbons (Fsp3) is 0.231. The normalized spacial score (nSPS) is 12.3. The molecule has 164 valence electrons. The Morgan fingerprint density at radius 2 is 1.66 bits per heavy atom. The first-order valence-electron chi connectivity index (χ1n) is 10.7. The molecule has 0 bridgehead atoms. The number of rotatable bonds is 6. The molecular weight excluding hydrogens is 400 g/mol. The molecule has 6 nitrogen and oxygen atoms in total. The van der Waals surface area contributed by atoms with E-state index in [1.54, 1.807) is 9.36 Å². The summed E-state index contributed by atoms with van der Waals surface area (Å²) < 4.78 is 3.32. The summed E-state index contributed by atoms with van der Waals surface area (Å²) in [5.41, 5.74) is 2.66. The van der Waals surface area contributed by atoms with E-state index in [0.29, 0.717) is 17.9 Å². The first-order chi connectivity index (χ1) is 15.4. The van der Waals surface area contributed by atoms with Crippen molar-refractivity contribution in [1.29, 1.82) is 0 Å². The molecule has 32 heavy (non-hydrogen) atoms. The zero-order chi connectivity index (χ0) is 22.8. The van der Waals surface area contributed by atoms with Gasteiger partial charge in [-0.3, -0.25) is 19.2 Å². The predicted molar refractivity (Wildman–Crippen MR) is 129 cm³/mol. The molecule has 0 spiro atoms. The van der Waals surface area contributed by atoms with Gasteiger partial charge in [-0.05, 0) is 55.4 Å². The van der Waals surface area contributed by atoms with Gasteiger partial charge in [-0.15, -0.1) is 0 Å². The molecule has 0 aliphatic rings. The zero-order valence-electron chi connectivity index (χ0n) is 18.9. The van der Waals surface area contributed by atoms with Crippen LogP contribution >= 0.6 is 0 Å². The molecule has 4 rings (SSSR count). The second-order valence-electron chi connectivity index (χ2n) is 8.20. The van der Waals surface area contributed by atoms with Crippen molar-refractivity contribution in [2.24, 2.45) is 7.05 Å². The van der Waals surface area contributed by atoms with Crippen LogP contribution in [-0.4, -0.2) is 33.3 Å². The minimum Gasteiger partial charge on any atom is -0.319 e. The van der Waals surface area contributed by atoms with E-state index >= 15 is 0 Å². The molecule has 0 aliphatic carbocycles. The number of aromatic nitrogens is 2. The summed E-state index contributed by atoms with van der Waals surface area (Å²) in [6.45, 7) is 4.31. The van der Waals surface area contributed by atoms with E-state index in [2.05, 4.69) is 35.6 Å². The van der Waals surface area contributed by atoms with Crippen molar-refractivity contribution in [3.63, 3.8) is 0 Å². The third-order valence-electron chi connectivity index (χ3n) is 6.09. The maximum Gasteiger partial charge on any atom is 0.295 e. The van der Waals surface area contributed by atoms with E-state index in [1.807, 2.05) is 75.3 Å². The molecule has 1 aromatic heterocycles. The average molecular weight is 429 g/mol. The highest BCUT2D eigenvalue weighted by atomic mass is 16.2. The van der Waals surface area contributed by atoms with Gasteiger partial charge < -0.3 is 5.32 Å². The topological polar surface area (TPSA) is 59.3 Å². The Balaban J connectivity index is 1.51. The Morgan fingerprint density at radius 1 is 1.00 bits per heavy atom. The van der Waals surface area contributed by atoms with Crippen LogP contribution < -0.4 is 10.9 Å². The van der Waals surface area contributed by atoms with Crippen LogP contribution in [0.2, 0.25) is 0 Å². The molecular formula is C26H28N4O2. The summed E-state index contributed by atoms with van der Waals surface area (Å²) in [6, 6.07) is 23.5. The number of amides is 1. The summed E-state index contributed by atoms with van der Waals surface area (Å²) in [4.78, 5) is 28.1. The Bertz CT molecular complexity index is 1320. The lowest BCUT2D eigenvalue weighted by molar-refractivity contribution is -0.120. The van der Waals surface area contributed by atoms with E-state index in [4.69, 9.17) is 0 Å². The maximum absolute atomic E-state index is 13.1. The molecule has 1 atom stereocenters. The highest BCUT2D eigenvalue weighted by Gasteiger charge is 2.23. The Morgan fingerprint density at radius 3 is 2.38 bits per heavy atom. The molecule has 0 radical (unpaired) electrons. The van der Waals surface area contributed by atoms with Crippen LogP contribution in [0.4, 0.5) is 5.69 Å². The maximum atomic E-state index is 13.1. The van der Waals surface area contributed by atoms with Crippen molar-refractivity contribution >= 4 is 22.4 Å². The van der Waals surface area contributed by atoms with Crippen molar-refractivity contribution in [2.45, 2.75) is 26.4 Å². The number of nitrogens with one attached hydrogen (secondary N) is 1. The van der Waals surface area contributed by atoms with Gasteiger partial charge >= 0.3 is 0 Å². The van der Waals surface area contributed by atoms with Crippen molar-refractivity contribution in [1.82, 2.24) is 14.3 Å². The van der Waals surface area contributed by atoms with E-state index < -0.39 is 6.04 Å². The summed E-state index contributed by atoms with van der Waals surface area (Å²) in [5.74, 6) is -0.209. The second-order valence-corrected chi connectivity index (χ2v) is 8.20. The summed E-state index contributed by atoms with van der Waals surface area (Å²) >= 11 is 0. The van der Waals surface area contributed by atoms with E-state index in [9.17, 15) is 9.59 Å². The number of fused-ring (bicyclic) bond motifs is 1. The number of nitrogens with zero attached hydrogens (tertiary/aromatic N) is 3. The quantitative estimate of drug-likeness (QED) is 0.503. The second kappa shape index (κ2) is 8.85. The Hall–Kier alpha value is -3.64. The van der Waals surface area contributed by atoms with Crippen LogP contribution in [0, 0.1) is 6.92 Å². The molecule has 1 unspecified atom stereocenters. The monoisotopic (exact) mass is 428 g/mol. The van der Waals surface area contributed by atoms with Crippen molar-refractivity contribution in [3.8, 4) is 5.69 Å². The molecule has 1 N–H and O–H groups in total. The predicted octanol–water partition coefficient (Wildman–Crippen LogP) is 4.10. The molecule has 0 saturated carbocycles. The van der Waals surface area contributed by atoms with Crippen LogP contribution in [0.25, 0.3) is 16.5 Å². The van der Waals surface area contributed by atoms with Crippen LogP contribution in [0.5, 0.6) is 0 Å². The van der Waals surface area contributed by atoms with Gasteiger partial charge in [0.25, 0.3) is 5.56 Å². The number of anilines is 1. The third-order valence-corrected chi connectivity index (χ3v) is 6.09. The van der Waals surface area contributed by atoms with Gasteiger partial charge in [0.2, 0.25) is 5.91 Å². The lowest BCUT2D eigenvalue weighted by Gasteiger charge is -2.24. The van der Waals surface area contributed by atoms with Gasteiger partial charge in [0.15, 0.2) is 0 Å². The lowest BCUT2D eigenvalue weighted by atomic mass is 10.1. The van der Waals surface area contributed by atoms with Gasteiger partial charge in [-0.25, -0.2) is 4.68 Å². The van der Waals surface area contributed by atoms with Gasteiger partial charge in [0, 0.05) is 13.6 Å². The van der Waals surface area contributed by atoms with Crippen LogP contribution in [-0.2, 0) is 18.4 Å². The molecule has 0 aliphatic heterocycles. The fourth-order valence-corrected chi connectivity index (χ4v) is 3.90. The first kappa shape index (κ1) is 21.6. The largest absolute Gasteiger partial charge is 0.319 e. The van der Waals surface area contributed by atoms with Gasteiger partial charge in [-0.2, -0.15) is 0 Å². The molecule has 1 heterocycles. The smallest absolute Gasteiger partial charge is 0.295 e. The zero-order valence-corrected chi connectivity index (χ0v) is 18.9. The highest BCUT2D eigenvalue weighted by Crippen LogP contribution is 2.18. The van der Waals surface area contributed by atoms with Crippen LogP contribution in [0.15, 0.2) is 77.6 Å². The minimum atomic E-state index is -0.411. The van der Waals surface area contributed by atoms with Crippen molar-refractivity contribution < 1.29 is 4.79 Å². The van der Waals surface area contributed by atoms with E-state index in [-0.39, 0.29) is 11.5 Å². The number of para-hydroxylation sites is 1. The summed E-state index contributed by atoms with van der Waals surface area (Å²) in [6.07, 6.45) is 0. The average Bonchev–Trinajstić information content (AvgIpc) is 3.02. The van der Waals surface area contributed by atoms with Crippen molar-refractivity contribution in [3.05, 3.63) is 94.4 Å². The molecule has 1 amide bonds. The minimum absolute atomic E-state index is 0.209. The summed E-state index contributed by atoms with van der Waals surface area (Å²) in [5, 5.41) is 5.24. The number of hydrogen-bond acceptors (Lipinski definition) is 3. The summed E-state index contributed by atoms with van der Waals surface area (Å²) in [7, 11) is 3.73. The number of likely N-dealkylation sites (N-methyl/N-ethyl adjacent to an activating group) is 1. The SMILES string of the molecule is Cc1c(NC(=O)C(C)N(C)Cc2ccc3ccccc3c2)c(=O)n(-c2ccccc2)n1C. The van der Waals surface area contributed by atoms with Crippen molar-refractivity contribution in [2.75, 3.05) is 12.4 Å². The first-order valence-corrected chi connectivity index (χ1v) is 10.7. The Kier molecular flexibility index (Phi) is 5.97. The van der Waals surface area contributed by atoms with Crippen LogP contribution in [0.1, 0.15) is 18.2 Å².